The number of hydrogen-bond donors (Lipinski definition) is 0. The number of nitrogens with zero attached hydrogens (tertiary/aromatic N) is 1. The number of anilines is 2. The summed E-state index contributed by atoms with van der Waals surface area (Å²) in [5.41, 5.74) is 3.14. The molecule has 0 radical (unpaired) electrons. The minimum Gasteiger partial charge on any atom is -0.497 e. The molecular weight excluding hydrogens is 278 g/mol. The summed E-state index contributed by atoms with van der Waals surface area (Å²) in [7, 11) is 1.64. The van der Waals surface area contributed by atoms with Gasteiger partial charge in [-0.3, -0.25) is 0 Å². The Labute approximate surface area is 130 Å². The highest BCUT2D eigenvalue weighted by atomic mass is 16.5. The van der Waals surface area contributed by atoms with Crippen LogP contribution in [0.2, 0.25) is 0 Å². The summed E-state index contributed by atoms with van der Waals surface area (Å²) in [5, 5.41) is 0. The summed E-state index contributed by atoms with van der Waals surface area (Å²) in [6, 6.07) is 15.5. The van der Waals surface area contributed by atoms with E-state index < -0.39 is 0 Å². The molecule has 0 amide bonds. The highest BCUT2D eigenvalue weighted by Gasteiger charge is 2.36. The molecular formula is C18H19NO3. The molecule has 4 nitrogen and oxygen atoms in total. The molecule has 0 aliphatic carbocycles. The number of fused-ring (bicyclic) bond motifs is 1. The van der Waals surface area contributed by atoms with Crippen molar-refractivity contribution in [2.45, 2.75) is 19.4 Å². The van der Waals surface area contributed by atoms with Crippen LogP contribution in [0.25, 0.3) is 0 Å². The standard InChI is InChI=1S/C18H19NO3/c1-3-22-18(20)17-11-13-7-4-5-10-16(13)19(17)14-8-6-9-15(12-14)21-2/h4-10,12,17H,3,11H2,1-2H3. The zero-order valence-electron chi connectivity index (χ0n) is 12.8. The van der Waals surface area contributed by atoms with Gasteiger partial charge < -0.3 is 14.4 Å². The third kappa shape index (κ3) is 2.52. The third-order valence-corrected chi connectivity index (χ3v) is 3.87. The van der Waals surface area contributed by atoms with Crippen LogP contribution in [0, 0.1) is 0 Å². The number of carbonyl (C=O) groups is 1. The molecule has 0 saturated heterocycles. The first kappa shape index (κ1) is 14.4. The van der Waals surface area contributed by atoms with Crippen molar-refractivity contribution in [1.29, 1.82) is 0 Å². The van der Waals surface area contributed by atoms with Crippen molar-refractivity contribution in [3.63, 3.8) is 0 Å². The van der Waals surface area contributed by atoms with Crippen molar-refractivity contribution in [3.8, 4) is 5.75 Å². The van der Waals surface area contributed by atoms with Gasteiger partial charge in [-0.25, -0.2) is 4.79 Å². The van der Waals surface area contributed by atoms with Crippen LogP contribution in [-0.4, -0.2) is 25.7 Å². The summed E-state index contributed by atoms with van der Waals surface area (Å²) >= 11 is 0. The van der Waals surface area contributed by atoms with E-state index in [4.69, 9.17) is 9.47 Å². The van der Waals surface area contributed by atoms with E-state index in [9.17, 15) is 4.79 Å². The van der Waals surface area contributed by atoms with E-state index in [1.807, 2.05) is 54.3 Å². The summed E-state index contributed by atoms with van der Waals surface area (Å²) in [6.07, 6.45) is 0.659. The lowest BCUT2D eigenvalue weighted by molar-refractivity contribution is -0.144. The average molecular weight is 297 g/mol. The van der Waals surface area contributed by atoms with Gasteiger partial charge in [0, 0.05) is 23.9 Å². The van der Waals surface area contributed by atoms with Gasteiger partial charge in [-0.05, 0) is 30.7 Å². The van der Waals surface area contributed by atoms with Gasteiger partial charge in [0.2, 0.25) is 0 Å². The largest absolute Gasteiger partial charge is 0.497 e. The Balaban J connectivity index is 2.04. The van der Waals surface area contributed by atoms with Crippen molar-refractivity contribution in [1.82, 2.24) is 0 Å². The van der Waals surface area contributed by atoms with Crippen LogP contribution in [0.4, 0.5) is 11.4 Å². The van der Waals surface area contributed by atoms with Crippen LogP contribution >= 0.6 is 0 Å². The van der Waals surface area contributed by atoms with Crippen LogP contribution < -0.4 is 9.64 Å². The zero-order chi connectivity index (χ0) is 15.5. The molecule has 0 aromatic heterocycles. The van der Waals surface area contributed by atoms with Gasteiger partial charge in [-0.1, -0.05) is 24.3 Å². The molecule has 114 valence electrons. The zero-order valence-corrected chi connectivity index (χ0v) is 12.8. The second kappa shape index (κ2) is 6.10. The summed E-state index contributed by atoms with van der Waals surface area (Å²) in [6.45, 7) is 2.22. The van der Waals surface area contributed by atoms with Gasteiger partial charge in [0.15, 0.2) is 0 Å². The number of esters is 1. The lowest BCUT2D eigenvalue weighted by Gasteiger charge is -2.26. The van der Waals surface area contributed by atoms with Gasteiger partial charge in [0.25, 0.3) is 0 Å². The second-order valence-electron chi connectivity index (χ2n) is 5.17. The Morgan fingerprint density at radius 1 is 1.23 bits per heavy atom. The Morgan fingerprint density at radius 2 is 2.05 bits per heavy atom. The lowest BCUT2D eigenvalue weighted by Crippen LogP contribution is -2.36. The number of methoxy groups -OCH3 is 1. The average Bonchev–Trinajstić information content (AvgIpc) is 2.94. The molecule has 0 bridgehead atoms. The van der Waals surface area contributed by atoms with Crippen molar-refractivity contribution in [2.24, 2.45) is 0 Å². The summed E-state index contributed by atoms with van der Waals surface area (Å²) in [4.78, 5) is 14.4. The Bertz CT molecular complexity index is 684. The van der Waals surface area contributed by atoms with Gasteiger partial charge in [-0.2, -0.15) is 0 Å². The fourth-order valence-electron chi connectivity index (χ4n) is 2.89. The maximum Gasteiger partial charge on any atom is 0.329 e. The first-order valence-electron chi connectivity index (χ1n) is 7.42. The van der Waals surface area contributed by atoms with Crippen molar-refractivity contribution in [2.75, 3.05) is 18.6 Å². The number of hydrogen-bond acceptors (Lipinski definition) is 4. The highest BCUT2D eigenvalue weighted by molar-refractivity contribution is 5.88. The van der Waals surface area contributed by atoms with Crippen molar-refractivity contribution < 1.29 is 14.3 Å². The van der Waals surface area contributed by atoms with E-state index in [1.165, 1.54) is 0 Å². The van der Waals surface area contributed by atoms with E-state index in [-0.39, 0.29) is 12.0 Å². The van der Waals surface area contributed by atoms with E-state index in [1.54, 1.807) is 7.11 Å². The first-order chi connectivity index (χ1) is 10.7. The number of para-hydroxylation sites is 1. The van der Waals surface area contributed by atoms with Gasteiger partial charge in [-0.15, -0.1) is 0 Å². The molecule has 0 spiro atoms. The topological polar surface area (TPSA) is 38.8 Å². The van der Waals surface area contributed by atoms with Crippen LogP contribution in [0.15, 0.2) is 48.5 Å². The van der Waals surface area contributed by atoms with Crippen LogP contribution in [-0.2, 0) is 16.0 Å². The van der Waals surface area contributed by atoms with Crippen LogP contribution in [0.3, 0.4) is 0 Å². The van der Waals surface area contributed by atoms with Gasteiger partial charge in [0.05, 0.1) is 13.7 Å². The van der Waals surface area contributed by atoms with E-state index in [2.05, 4.69) is 6.07 Å². The van der Waals surface area contributed by atoms with Crippen molar-refractivity contribution in [3.05, 3.63) is 54.1 Å². The number of rotatable bonds is 4. The highest BCUT2D eigenvalue weighted by Crippen LogP contribution is 2.39. The molecule has 1 heterocycles. The second-order valence-corrected chi connectivity index (χ2v) is 5.17. The third-order valence-electron chi connectivity index (χ3n) is 3.87. The molecule has 0 N–H and O–H groups in total. The molecule has 4 heteroatoms. The SMILES string of the molecule is CCOC(=O)C1Cc2ccccc2N1c1cccc(OC)c1. The van der Waals surface area contributed by atoms with Crippen LogP contribution in [0.1, 0.15) is 12.5 Å². The fraction of sp³-hybridized carbons (Fsp3) is 0.278. The Hall–Kier alpha value is -2.49. The van der Waals surface area contributed by atoms with E-state index in [0.717, 1.165) is 22.7 Å². The van der Waals surface area contributed by atoms with Gasteiger partial charge in [0.1, 0.15) is 11.8 Å². The summed E-state index contributed by atoms with van der Waals surface area (Å²) < 4.78 is 10.6. The molecule has 1 unspecified atom stereocenters. The molecule has 2 aromatic carbocycles. The normalized spacial score (nSPS) is 16.3. The Kier molecular flexibility index (Phi) is 4.00. The molecule has 1 aliphatic rings. The molecule has 0 fully saturated rings. The quantitative estimate of drug-likeness (QED) is 0.812. The van der Waals surface area contributed by atoms with E-state index >= 15 is 0 Å². The smallest absolute Gasteiger partial charge is 0.329 e. The maximum atomic E-state index is 12.4. The fourth-order valence-corrected chi connectivity index (χ4v) is 2.89. The molecule has 2 aromatic rings. The van der Waals surface area contributed by atoms with Crippen molar-refractivity contribution >= 4 is 17.3 Å². The molecule has 1 atom stereocenters. The summed E-state index contributed by atoms with van der Waals surface area (Å²) in [5.74, 6) is 0.575. The molecule has 0 saturated carbocycles. The molecule has 1 aliphatic heterocycles. The van der Waals surface area contributed by atoms with E-state index in [0.29, 0.717) is 13.0 Å². The minimum atomic E-state index is -0.329. The minimum absolute atomic E-state index is 0.193. The Morgan fingerprint density at radius 3 is 2.82 bits per heavy atom. The number of ether oxygens (including phenoxy) is 2. The predicted octanol–water partition coefficient (Wildman–Crippen LogP) is 3.32. The monoisotopic (exact) mass is 297 g/mol. The maximum absolute atomic E-state index is 12.4. The van der Waals surface area contributed by atoms with Gasteiger partial charge >= 0.3 is 5.97 Å². The molecule has 3 rings (SSSR count). The first-order valence-corrected chi connectivity index (χ1v) is 7.42. The number of benzene rings is 2. The number of carbonyl (C=O) groups excluding carboxylic acids is 1. The predicted molar refractivity (Wildman–Crippen MR) is 85.7 cm³/mol. The molecule has 22 heavy (non-hydrogen) atoms. The lowest BCUT2D eigenvalue weighted by atomic mass is 10.1. The van der Waals surface area contributed by atoms with Crippen LogP contribution in [0.5, 0.6) is 5.75 Å².